The monoisotopic (exact) mass is 247 g/mol. The summed E-state index contributed by atoms with van der Waals surface area (Å²) in [6.45, 7) is 2.72. The predicted molar refractivity (Wildman–Crippen MR) is 71.2 cm³/mol. The van der Waals surface area contributed by atoms with E-state index >= 15 is 0 Å². The Morgan fingerprint density at radius 2 is 2.17 bits per heavy atom. The smallest absolute Gasteiger partial charge is 0.224 e. The fraction of sp³-hybridized carbons (Fsp3) is 0.533. The van der Waals surface area contributed by atoms with Gasteiger partial charge in [0.2, 0.25) is 5.91 Å². The van der Waals surface area contributed by atoms with E-state index in [1.54, 1.807) is 0 Å². The van der Waals surface area contributed by atoms with Crippen LogP contribution in [0, 0.1) is 12.8 Å². The lowest BCUT2D eigenvalue weighted by Crippen LogP contribution is -2.30. The summed E-state index contributed by atoms with van der Waals surface area (Å²) in [7, 11) is 0. The van der Waals surface area contributed by atoms with E-state index in [0.717, 1.165) is 30.4 Å². The Labute approximate surface area is 108 Å². The van der Waals surface area contributed by atoms with Gasteiger partial charge in [-0.1, -0.05) is 24.3 Å². The lowest BCUT2D eigenvalue weighted by Gasteiger charge is -2.11. The number of benzene rings is 1. The molecule has 3 heteroatoms. The van der Waals surface area contributed by atoms with Gasteiger partial charge in [-0.05, 0) is 43.2 Å². The van der Waals surface area contributed by atoms with Crippen LogP contribution >= 0.6 is 0 Å². The number of carbonyl (C=O) groups excluding carboxylic acids is 1. The highest BCUT2D eigenvalue weighted by Crippen LogP contribution is 2.24. The lowest BCUT2D eigenvalue weighted by molar-refractivity contribution is -0.120. The molecule has 18 heavy (non-hydrogen) atoms. The molecule has 3 nitrogen and oxygen atoms in total. The second-order valence-electron chi connectivity index (χ2n) is 5.24. The first-order chi connectivity index (χ1) is 8.65. The zero-order valence-electron chi connectivity index (χ0n) is 10.9. The zero-order valence-corrected chi connectivity index (χ0v) is 10.9. The summed E-state index contributed by atoms with van der Waals surface area (Å²) in [4.78, 5) is 11.8. The second-order valence-corrected chi connectivity index (χ2v) is 5.24. The van der Waals surface area contributed by atoms with E-state index in [1.807, 2.05) is 31.2 Å². The molecule has 2 unspecified atom stereocenters. The predicted octanol–water partition coefficient (Wildman–Crippen LogP) is 1.81. The molecule has 1 amide bonds. The fourth-order valence-electron chi connectivity index (χ4n) is 2.54. The number of hydrogen-bond acceptors (Lipinski definition) is 2. The van der Waals surface area contributed by atoms with Crippen LogP contribution in [-0.2, 0) is 11.2 Å². The molecule has 0 spiro atoms. The molecule has 2 rings (SSSR count). The Kier molecular flexibility index (Phi) is 4.37. The van der Waals surface area contributed by atoms with Gasteiger partial charge in [-0.15, -0.1) is 0 Å². The summed E-state index contributed by atoms with van der Waals surface area (Å²) in [5.74, 6) is 0.520. The first-order valence-electron chi connectivity index (χ1n) is 6.64. The van der Waals surface area contributed by atoms with Crippen LogP contribution in [0.2, 0.25) is 0 Å². The summed E-state index contributed by atoms with van der Waals surface area (Å²) in [5.41, 5.74) is 2.24. The average Bonchev–Trinajstić information content (AvgIpc) is 2.76. The molecular weight excluding hydrogens is 226 g/mol. The first-order valence-corrected chi connectivity index (χ1v) is 6.64. The molecule has 98 valence electrons. The highest BCUT2D eigenvalue weighted by atomic mass is 16.3. The number of aliphatic hydroxyl groups is 1. The molecular formula is C15H21NO2. The number of nitrogens with one attached hydrogen (secondary N) is 1. The Balaban J connectivity index is 1.77. The zero-order chi connectivity index (χ0) is 13.0. The van der Waals surface area contributed by atoms with Crippen molar-refractivity contribution in [3.05, 3.63) is 35.4 Å². The number of aryl methyl sites for hydroxylation is 1. The van der Waals surface area contributed by atoms with Crippen LogP contribution in [0.4, 0.5) is 0 Å². The van der Waals surface area contributed by atoms with Crippen molar-refractivity contribution in [1.82, 2.24) is 5.32 Å². The molecule has 0 aromatic heterocycles. The molecule has 0 bridgehead atoms. The molecule has 0 heterocycles. The molecule has 0 saturated heterocycles. The third kappa shape index (κ3) is 3.57. The Bertz CT molecular complexity index is 417. The minimum Gasteiger partial charge on any atom is -0.393 e. The third-order valence-corrected chi connectivity index (χ3v) is 3.71. The minimum absolute atomic E-state index is 0.0747. The molecule has 1 fully saturated rings. The van der Waals surface area contributed by atoms with E-state index < -0.39 is 0 Å². The quantitative estimate of drug-likeness (QED) is 0.852. The SMILES string of the molecule is Cc1ccccc1CC(=O)NCC1CCC(O)C1. The number of amides is 1. The number of rotatable bonds is 4. The maximum Gasteiger partial charge on any atom is 0.224 e. The van der Waals surface area contributed by atoms with Crippen LogP contribution in [0.15, 0.2) is 24.3 Å². The number of carbonyl (C=O) groups is 1. The van der Waals surface area contributed by atoms with Crippen LogP contribution < -0.4 is 5.32 Å². The summed E-state index contributed by atoms with van der Waals surface area (Å²) < 4.78 is 0. The molecule has 1 aliphatic rings. The van der Waals surface area contributed by atoms with Gasteiger partial charge in [0.05, 0.1) is 12.5 Å². The summed E-state index contributed by atoms with van der Waals surface area (Å²) in [5, 5.41) is 12.4. The highest BCUT2D eigenvalue weighted by Gasteiger charge is 2.22. The number of hydrogen-bond donors (Lipinski definition) is 2. The second kappa shape index (κ2) is 6.01. The Morgan fingerprint density at radius 3 is 2.83 bits per heavy atom. The fourth-order valence-corrected chi connectivity index (χ4v) is 2.54. The van der Waals surface area contributed by atoms with Crippen molar-refractivity contribution in [2.24, 2.45) is 5.92 Å². The van der Waals surface area contributed by atoms with Crippen molar-refractivity contribution >= 4 is 5.91 Å². The van der Waals surface area contributed by atoms with Crippen molar-refractivity contribution in [1.29, 1.82) is 0 Å². The first kappa shape index (κ1) is 13.1. The molecule has 0 aliphatic heterocycles. The average molecular weight is 247 g/mol. The van der Waals surface area contributed by atoms with Gasteiger partial charge in [0, 0.05) is 6.54 Å². The molecule has 1 aromatic carbocycles. The van der Waals surface area contributed by atoms with Gasteiger partial charge in [-0.25, -0.2) is 0 Å². The van der Waals surface area contributed by atoms with Gasteiger partial charge in [-0.3, -0.25) is 4.79 Å². The van der Waals surface area contributed by atoms with Gasteiger partial charge < -0.3 is 10.4 Å². The van der Waals surface area contributed by atoms with Crippen LogP contribution in [0.3, 0.4) is 0 Å². The van der Waals surface area contributed by atoms with Gasteiger partial charge in [0.15, 0.2) is 0 Å². The van der Waals surface area contributed by atoms with E-state index in [0.29, 0.717) is 18.9 Å². The van der Waals surface area contributed by atoms with Crippen molar-refractivity contribution in [2.75, 3.05) is 6.54 Å². The van der Waals surface area contributed by atoms with E-state index in [4.69, 9.17) is 0 Å². The van der Waals surface area contributed by atoms with Crippen LogP contribution in [0.1, 0.15) is 30.4 Å². The largest absolute Gasteiger partial charge is 0.393 e. The van der Waals surface area contributed by atoms with Crippen LogP contribution in [-0.4, -0.2) is 23.7 Å². The van der Waals surface area contributed by atoms with Crippen LogP contribution in [0.25, 0.3) is 0 Å². The van der Waals surface area contributed by atoms with E-state index in [-0.39, 0.29) is 12.0 Å². The maximum atomic E-state index is 11.8. The van der Waals surface area contributed by atoms with Crippen molar-refractivity contribution in [3.8, 4) is 0 Å². The van der Waals surface area contributed by atoms with Gasteiger partial charge in [0.1, 0.15) is 0 Å². The van der Waals surface area contributed by atoms with Crippen molar-refractivity contribution < 1.29 is 9.90 Å². The highest BCUT2D eigenvalue weighted by molar-refractivity contribution is 5.78. The summed E-state index contributed by atoms with van der Waals surface area (Å²) in [6.07, 6.45) is 3.00. The Morgan fingerprint density at radius 1 is 1.39 bits per heavy atom. The summed E-state index contributed by atoms with van der Waals surface area (Å²) >= 11 is 0. The Hall–Kier alpha value is -1.35. The normalized spacial score (nSPS) is 23.0. The molecule has 0 radical (unpaired) electrons. The molecule has 2 N–H and O–H groups in total. The van der Waals surface area contributed by atoms with Crippen LogP contribution in [0.5, 0.6) is 0 Å². The van der Waals surface area contributed by atoms with E-state index in [9.17, 15) is 9.90 Å². The van der Waals surface area contributed by atoms with Gasteiger partial charge in [0.25, 0.3) is 0 Å². The summed E-state index contributed by atoms with van der Waals surface area (Å²) in [6, 6.07) is 7.96. The van der Waals surface area contributed by atoms with Gasteiger partial charge >= 0.3 is 0 Å². The van der Waals surface area contributed by atoms with Gasteiger partial charge in [-0.2, -0.15) is 0 Å². The standard InChI is InChI=1S/C15H21NO2/c1-11-4-2-3-5-13(11)9-15(18)16-10-12-6-7-14(17)8-12/h2-5,12,14,17H,6-10H2,1H3,(H,16,18). The third-order valence-electron chi connectivity index (χ3n) is 3.71. The molecule has 1 saturated carbocycles. The van der Waals surface area contributed by atoms with Crippen molar-refractivity contribution in [2.45, 2.75) is 38.7 Å². The van der Waals surface area contributed by atoms with Crippen molar-refractivity contribution in [3.63, 3.8) is 0 Å². The van der Waals surface area contributed by atoms with E-state index in [1.165, 1.54) is 0 Å². The maximum absolute atomic E-state index is 11.8. The molecule has 1 aromatic rings. The topological polar surface area (TPSA) is 49.3 Å². The minimum atomic E-state index is -0.164. The number of aliphatic hydroxyl groups excluding tert-OH is 1. The lowest BCUT2D eigenvalue weighted by atomic mass is 10.1. The van der Waals surface area contributed by atoms with E-state index in [2.05, 4.69) is 5.32 Å². The molecule has 2 atom stereocenters. The molecule has 1 aliphatic carbocycles.